The van der Waals surface area contributed by atoms with Gasteiger partial charge < -0.3 is 19.9 Å². The van der Waals surface area contributed by atoms with Gasteiger partial charge in [0, 0.05) is 4.75 Å². The molecule has 0 saturated heterocycles. The van der Waals surface area contributed by atoms with Crippen LogP contribution in [0.3, 0.4) is 0 Å². The lowest BCUT2D eigenvalue weighted by Crippen LogP contribution is -2.48. The molecule has 0 aromatic heterocycles. The minimum absolute atomic E-state index is 0.293. The van der Waals surface area contributed by atoms with E-state index in [1.165, 1.54) is 0 Å². The molecule has 0 heterocycles. The summed E-state index contributed by atoms with van der Waals surface area (Å²) in [4.78, 5) is 35.1. The maximum Gasteiger partial charge on any atom is 0.370 e. The third kappa shape index (κ3) is 8.22. The molecule has 2 N–H and O–H groups in total. The predicted octanol–water partition coefficient (Wildman–Crippen LogP) is 2.46. The fourth-order valence-electron chi connectivity index (χ4n) is 1.24. The summed E-state index contributed by atoms with van der Waals surface area (Å²) in [7, 11) is 0. The van der Waals surface area contributed by atoms with Crippen molar-refractivity contribution < 1.29 is 28.6 Å². The normalized spacial score (nSPS) is 13.4. The van der Waals surface area contributed by atoms with Crippen molar-refractivity contribution in [1.82, 2.24) is 0 Å². The zero-order valence-corrected chi connectivity index (χ0v) is 15.6. The largest absolute Gasteiger partial charge is 0.462 e. The number of ether oxygens (including phenoxy) is 3. The first-order valence-electron chi connectivity index (χ1n) is 7.26. The average molecular weight is 349 g/mol. The number of carbonyl (C=O) groups excluding carboxylic acids is 3. The Labute approximate surface area is 141 Å². The van der Waals surface area contributed by atoms with E-state index in [1.807, 2.05) is 0 Å². The van der Waals surface area contributed by atoms with E-state index >= 15 is 0 Å². The zero-order valence-electron chi connectivity index (χ0n) is 14.8. The monoisotopic (exact) mass is 349 g/mol. The van der Waals surface area contributed by atoms with Crippen molar-refractivity contribution in [3.8, 4) is 0 Å². The lowest BCUT2D eigenvalue weighted by molar-refractivity contribution is -0.160. The van der Waals surface area contributed by atoms with Gasteiger partial charge >= 0.3 is 17.2 Å². The number of rotatable bonds is 6. The van der Waals surface area contributed by atoms with Crippen LogP contribution in [0.1, 0.15) is 48.5 Å². The second-order valence-corrected chi connectivity index (χ2v) is 8.45. The Morgan fingerprint density at radius 2 is 1.57 bits per heavy atom. The maximum absolute atomic E-state index is 11.8. The van der Waals surface area contributed by atoms with E-state index in [0.717, 1.165) is 11.8 Å². The fourth-order valence-corrected chi connectivity index (χ4v) is 2.00. The summed E-state index contributed by atoms with van der Waals surface area (Å²) < 4.78 is 13.8. The standard InChI is InChI=1S/C15H27NO6S/c1-9(2)22-11(17)10(16)15(6,7)23-13(19)21-8-20-12(18)14(3,4)5/h9-10H,8,16H2,1-7H3/t10-/m0/s1. The van der Waals surface area contributed by atoms with E-state index < -0.39 is 40.2 Å². The van der Waals surface area contributed by atoms with Crippen LogP contribution in [0, 0.1) is 5.41 Å². The van der Waals surface area contributed by atoms with Gasteiger partial charge in [0.25, 0.3) is 0 Å². The highest BCUT2D eigenvalue weighted by Crippen LogP contribution is 2.29. The van der Waals surface area contributed by atoms with Gasteiger partial charge in [-0.15, -0.1) is 0 Å². The van der Waals surface area contributed by atoms with Gasteiger partial charge in [-0.3, -0.25) is 9.59 Å². The fraction of sp³-hybridized carbons (Fsp3) is 0.800. The minimum atomic E-state index is -1.00. The van der Waals surface area contributed by atoms with Crippen LogP contribution in [0.5, 0.6) is 0 Å². The third-order valence-electron chi connectivity index (χ3n) is 2.68. The van der Waals surface area contributed by atoms with Crippen molar-refractivity contribution in [1.29, 1.82) is 0 Å². The summed E-state index contributed by atoms with van der Waals surface area (Å²) in [5, 5.41) is -0.690. The van der Waals surface area contributed by atoms with E-state index in [0.29, 0.717) is 0 Å². The number of nitrogens with two attached hydrogens (primary N) is 1. The highest BCUT2D eigenvalue weighted by molar-refractivity contribution is 8.14. The Bertz CT molecular complexity index is 442. The molecule has 0 saturated carbocycles. The third-order valence-corrected chi connectivity index (χ3v) is 3.74. The lowest BCUT2D eigenvalue weighted by atomic mass is 9.98. The lowest BCUT2D eigenvalue weighted by Gasteiger charge is -2.28. The summed E-state index contributed by atoms with van der Waals surface area (Å²) in [5.41, 5.74) is 5.16. The van der Waals surface area contributed by atoms with E-state index in [9.17, 15) is 14.4 Å². The molecular formula is C15H27NO6S. The minimum Gasteiger partial charge on any atom is -0.462 e. The summed E-state index contributed by atoms with van der Waals surface area (Å²) in [6.07, 6.45) is -0.293. The summed E-state index contributed by atoms with van der Waals surface area (Å²) in [6, 6.07) is -1.00. The Morgan fingerprint density at radius 3 is 2.00 bits per heavy atom. The molecule has 0 aromatic carbocycles. The molecule has 1 atom stereocenters. The van der Waals surface area contributed by atoms with Crippen LogP contribution >= 0.6 is 11.8 Å². The van der Waals surface area contributed by atoms with Crippen LogP contribution in [0.25, 0.3) is 0 Å². The highest BCUT2D eigenvalue weighted by Gasteiger charge is 2.37. The van der Waals surface area contributed by atoms with Gasteiger partial charge in [-0.05, 0) is 60.2 Å². The van der Waals surface area contributed by atoms with Gasteiger partial charge in [0.05, 0.1) is 11.5 Å². The Balaban J connectivity index is 4.42. The van der Waals surface area contributed by atoms with Crippen LogP contribution in [0.15, 0.2) is 0 Å². The predicted molar refractivity (Wildman–Crippen MR) is 87.8 cm³/mol. The van der Waals surface area contributed by atoms with Gasteiger partial charge in [-0.1, -0.05) is 0 Å². The van der Waals surface area contributed by atoms with E-state index in [2.05, 4.69) is 0 Å². The summed E-state index contributed by atoms with van der Waals surface area (Å²) in [6.45, 7) is 11.3. The van der Waals surface area contributed by atoms with E-state index in [-0.39, 0.29) is 6.10 Å². The van der Waals surface area contributed by atoms with Crippen molar-refractivity contribution >= 4 is 29.0 Å². The molecule has 0 aromatic rings. The second kappa shape index (κ2) is 8.54. The van der Waals surface area contributed by atoms with Gasteiger partial charge in [0.2, 0.25) is 6.79 Å². The molecule has 0 fully saturated rings. The topological polar surface area (TPSA) is 105 Å². The highest BCUT2D eigenvalue weighted by atomic mass is 32.2. The average Bonchev–Trinajstić information content (AvgIpc) is 2.34. The second-order valence-electron chi connectivity index (χ2n) is 6.86. The smallest absolute Gasteiger partial charge is 0.370 e. The first kappa shape index (κ1) is 21.7. The van der Waals surface area contributed by atoms with Crippen LogP contribution in [-0.2, 0) is 23.8 Å². The molecule has 0 unspecified atom stereocenters. The van der Waals surface area contributed by atoms with E-state index in [4.69, 9.17) is 19.9 Å². The molecular weight excluding hydrogens is 322 g/mol. The molecule has 134 valence electrons. The SMILES string of the molecule is CC(C)OC(=O)[C@H](N)C(C)(C)SC(=O)OCOC(=O)C(C)(C)C. The Kier molecular flexibility index (Phi) is 8.06. The maximum atomic E-state index is 11.8. The molecule has 23 heavy (non-hydrogen) atoms. The van der Waals surface area contributed by atoms with Gasteiger partial charge in [-0.2, -0.15) is 0 Å². The summed E-state index contributed by atoms with van der Waals surface area (Å²) >= 11 is 0.746. The molecule has 8 heteroatoms. The molecule has 0 aliphatic rings. The number of thioether (sulfide) groups is 1. The Hall–Kier alpha value is -1.28. The van der Waals surface area contributed by atoms with E-state index in [1.54, 1.807) is 48.5 Å². The first-order valence-corrected chi connectivity index (χ1v) is 8.08. The van der Waals surface area contributed by atoms with Crippen molar-refractivity contribution in [3.63, 3.8) is 0 Å². The van der Waals surface area contributed by atoms with Crippen LogP contribution in [0.4, 0.5) is 4.79 Å². The summed E-state index contributed by atoms with van der Waals surface area (Å²) in [5.74, 6) is -1.07. The van der Waals surface area contributed by atoms with Crippen LogP contribution < -0.4 is 5.73 Å². The zero-order chi connectivity index (χ0) is 18.4. The van der Waals surface area contributed by atoms with Crippen molar-refractivity contribution in [2.45, 2.75) is 65.4 Å². The molecule has 0 radical (unpaired) electrons. The quantitative estimate of drug-likeness (QED) is 0.576. The van der Waals surface area contributed by atoms with Crippen LogP contribution in [-0.4, -0.2) is 40.9 Å². The molecule has 0 aliphatic carbocycles. The van der Waals surface area contributed by atoms with Crippen molar-refractivity contribution in [2.24, 2.45) is 11.1 Å². The molecule has 7 nitrogen and oxygen atoms in total. The Morgan fingerprint density at radius 1 is 1.04 bits per heavy atom. The van der Waals surface area contributed by atoms with Gasteiger partial charge in [0.15, 0.2) is 0 Å². The first-order chi connectivity index (χ1) is 10.3. The molecule has 0 aliphatic heterocycles. The number of carbonyl (C=O) groups is 3. The number of esters is 2. The van der Waals surface area contributed by atoms with Gasteiger partial charge in [0.1, 0.15) is 6.04 Å². The molecule has 0 bridgehead atoms. The van der Waals surface area contributed by atoms with Crippen molar-refractivity contribution in [2.75, 3.05) is 6.79 Å². The molecule has 0 spiro atoms. The number of hydrogen-bond donors (Lipinski definition) is 1. The number of hydrogen-bond acceptors (Lipinski definition) is 8. The van der Waals surface area contributed by atoms with Crippen LogP contribution in [0.2, 0.25) is 0 Å². The van der Waals surface area contributed by atoms with Gasteiger partial charge in [-0.25, -0.2) is 4.79 Å². The van der Waals surface area contributed by atoms with Crippen molar-refractivity contribution in [3.05, 3.63) is 0 Å². The molecule has 0 amide bonds. The molecule has 0 rings (SSSR count).